The molecule has 0 radical (unpaired) electrons. The zero-order valence-electron chi connectivity index (χ0n) is 16.1. The average molecular weight is 515 g/mol. The molecule has 31 heavy (non-hydrogen) atoms. The summed E-state index contributed by atoms with van der Waals surface area (Å²) in [4.78, 5) is 8.08. The number of hydrogen-bond donors (Lipinski definition) is 0. The third-order valence-electron chi connectivity index (χ3n) is 4.76. The number of aromatic nitrogens is 1. The molecule has 1 fully saturated rings. The van der Waals surface area contributed by atoms with Gasteiger partial charge in [0.2, 0.25) is 0 Å². The van der Waals surface area contributed by atoms with Crippen LogP contribution in [0.15, 0.2) is 41.0 Å². The molecule has 0 aliphatic carbocycles. The summed E-state index contributed by atoms with van der Waals surface area (Å²) in [6, 6.07) is 5.81. The molecule has 2 aromatic rings. The summed E-state index contributed by atoms with van der Waals surface area (Å²) in [5, 5.41) is 0.963. The molecule has 0 saturated carbocycles. The SMILES string of the molecule is FC(F)(F)c1ccc(N2CCN(Cc3c(Cl)cc(OCC=C(Cl)Cl)cc3Cl)CC2)nc1. The largest absolute Gasteiger partial charge is 0.489 e. The fourth-order valence-corrected chi connectivity index (χ4v) is 3.83. The predicted molar refractivity (Wildman–Crippen MR) is 118 cm³/mol. The molecular weight excluding hydrogens is 497 g/mol. The van der Waals surface area contributed by atoms with E-state index < -0.39 is 11.7 Å². The van der Waals surface area contributed by atoms with Gasteiger partial charge in [0.25, 0.3) is 0 Å². The fourth-order valence-electron chi connectivity index (χ4n) is 3.11. The molecule has 1 aromatic carbocycles. The summed E-state index contributed by atoms with van der Waals surface area (Å²) in [6.07, 6.45) is -2.02. The van der Waals surface area contributed by atoms with Gasteiger partial charge in [-0.15, -0.1) is 0 Å². The van der Waals surface area contributed by atoms with E-state index >= 15 is 0 Å². The number of hydrogen-bond acceptors (Lipinski definition) is 4. The molecule has 0 spiro atoms. The monoisotopic (exact) mass is 513 g/mol. The minimum atomic E-state index is -4.39. The lowest BCUT2D eigenvalue weighted by Gasteiger charge is -2.35. The molecule has 0 unspecified atom stereocenters. The zero-order valence-corrected chi connectivity index (χ0v) is 19.1. The van der Waals surface area contributed by atoms with Gasteiger partial charge < -0.3 is 9.64 Å². The molecule has 1 saturated heterocycles. The van der Waals surface area contributed by atoms with Crippen molar-refractivity contribution in [1.82, 2.24) is 9.88 Å². The Kier molecular flexibility index (Phi) is 8.21. The van der Waals surface area contributed by atoms with Crippen molar-refractivity contribution in [3.63, 3.8) is 0 Å². The number of nitrogens with zero attached hydrogens (tertiary/aromatic N) is 3. The van der Waals surface area contributed by atoms with Crippen LogP contribution in [-0.4, -0.2) is 42.7 Å². The molecule has 168 valence electrons. The van der Waals surface area contributed by atoms with Gasteiger partial charge in [0, 0.05) is 44.5 Å². The van der Waals surface area contributed by atoms with E-state index in [0.29, 0.717) is 54.3 Å². The van der Waals surface area contributed by atoms with E-state index in [0.717, 1.165) is 17.8 Å². The quantitative estimate of drug-likeness (QED) is 0.444. The average Bonchev–Trinajstić information content (AvgIpc) is 2.70. The lowest BCUT2D eigenvalue weighted by molar-refractivity contribution is -0.137. The minimum absolute atomic E-state index is 0.111. The molecule has 1 aromatic heterocycles. The van der Waals surface area contributed by atoms with E-state index in [2.05, 4.69) is 9.88 Å². The number of pyridine rings is 1. The number of alkyl halides is 3. The van der Waals surface area contributed by atoms with Gasteiger partial charge in [-0.05, 0) is 30.3 Å². The summed E-state index contributed by atoms with van der Waals surface area (Å²) in [7, 11) is 0. The molecule has 3 rings (SSSR count). The van der Waals surface area contributed by atoms with Crippen molar-refractivity contribution in [2.45, 2.75) is 12.7 Å². The van der Waals surface area contributed by atoms with Gasteiger partial charge in [0.1, 0.15) is 22.7 Å². The Balaban J connectivity index is 1.57. The Morgan fingerprint density at radius 2 is 1.71 bits per heavy atom. The van der Waals surface area contributed by atoms with E-state index in [1.807, 2.05) is 4.90 Å². The number of ether oxygens (including phenoxy) is 1. The molecule has 0 atom stereocenters. The first-order valence-corrected chi connectivity index (χ1v) is 10.8. The molecule has 2 heterocycles. The van der Waals surface area contributed by atoms with Crippen LogP contribution in [0.1, 0.15) is 11.1 Å². The lowest BCUT2D eigenvalue weighted by atomic mass is 10.1. The minimum Gasteiger partial charge on any atom is -0.489 e. The topological polar surface area (TPSA) is 28.6 Å². The number of anilines is 1. The van der Waals surface area contributed by atoms with Gasteiger partial charge in [0.05, 0.1) is 15.6 Å². The molecular formula is C20H18Cl4F3N3O. The maximum absolute atomic E-state index is 12.7. The Morgan fingerprint density at radius 3 is 2.23 bits per heavy atom. The second-order valence-electron chi connectivity index (χ2n) is 6.84. The summed E-state index contributed by atoms with van der Waals surface area (Å²) >= 11 is 23.9. The van der Waals surface area contributed by atoms with Gasteiger partial charge in [0.15, 0.2) is 0 Å². The van der Waals surface area contributed by atoms with Gasteiger partial charge in [-0.2, -0.15) is 13.2 Å². The molecule has 0 bridgehead atoms. The van der Waals surface area contributed by atoms with Crippen LogP contribution in [0.5, 0.6) is 5.75 Å². The molecule has 0 amide bonds. The van der Waals surface area contributed by atoms with E-state index in [9.17, 15) is 13.2 Å². The van der Waals surface area contributed by atoms with Crippen LogP contribution >= 0.6 is 46.4 Å². The highest BCUT2D eigenvalue weighted by molar-refractivity contribution is 6.55. The van der Waals surface area contributed by atoms with E-state index in [-0.39, 0.29) is 11.1 Å². The molecule has 0 N–H and O–H groups in total. The van der Waals surface area contributed by atoms with Crippen molar-refractivity contribution in [2.75, 3.05) is 37.7 Å². The summed E-state index contributed by atoms with van der Waals surface area (Å²) in [5.74, 6) is 1.03. The molecule has 1 aliphatic heterocycles. The number of halogens is 7. The summed E-state index contributed by atoms with van der Waals surface area (Å²) in [5.41, 5.74) is 0.0241. The van der Waals surface area contributed by atoms with Crippen molar-refractivity contribution in [3.05, 3.63) is 62.2 Å². The number of rotatable bonds is 6. The first-order valence-electron chi connectivity index (χ1n) is 9.26. The highest BCUT2D eigenvalue weighted by atomic mass is 35.5. The first-order chi connectivity index (χ1) is 14.6. The van der Waals surface area contributed by atoms with Crippen molar-refractivity contribution in [1.29, 1.82) is 0 Å². The van der Waals surface area contributed by atoms with Crippen molar-refractivity contribution < 1.29 is 17.9 Å². The maximum Gasteiger partial charge on any atom is 0.417 e. The van der Waals surface area contributed by atoms with Crippen LogP contribution < -0.4 is 9.64 Å². The highest BCUT2D eigenvalue weighted by Gasteiger charge is 2.31. The van der Waals surface area contributed by atoms with Crippen molar-refractivity contribution in [2.24, 2.45) is 0 Å². The van der Waals surface area contributed by atoms with Crippen LogP contribution in [0.25, 0.3) is 0 Å². The van der Waals surface area contributed by atoms with E-state index in [1.54, 1.807) is 12.1 Å². The van der Waals surface area contributed by atoms with E-state index in [4.69, 9.17) is 51.1 Å². The van der Waals surface area contributed by atoms with Crippen LogP contribution in [0.2, 0.25) is 10.0 Å². The fraction of sp³-hybridized carbons (Fsp3) is 0.350. The third-order valence-corrected chi connectivity index (χ3v) is 5.74. The van der Waals surface area contributed by atoms with Crippen LogP contribution in [-0.2, 0) is 12.7 Å². The summed E-state index contributed by atoms with van der Waals surface area (Å²) in [6.45, 7) is 3.35. The first kappa shape index (κ1) is 24.3. The molecule has 4 nitrogen and oxygen atoms in total. The van der Waals surface area contributed by atoms with Crippen molar-refractivity contribution in [3.8, 4) is 5.75 Å². The van der Waals surface area contributed by atoms with Gasteiger partial charge in [-0.25, -0.2) is 4.98 Å². The normalized spacial score (nSPS) is 15.1. The van der Waals surface area contributed by atoms with Crippen LogP contribution in [0.3, 0.4) is 0 Å². The Labute approximate surface area is 198 Å². The second-order valence-corrected chi connectivity index (χ2v) is 8.66. The Morgan fingerprint density at radius 1 is 1.06 bits per heavy atom. The van der Waals surface area contributed by atoms with Crippen molar-refractivity contribution >= 4 is 52.2 Å². The number of benzene rings is 1. The molecule has 1 aliphatic rings. The lowest BCUT2D eigenvalue weighted by Crippen LogP contribution is -2.46. The molecule has 11 heteroatoms. The van der Waals surface area contributed by atoms with Crippen LogP contribution in [0.4, 0.5) is 19.0 Å². The van der Waals surface area contributed by atoms with E-state index in [1.165, 1.54) is 12.1 Å². The maximum atomic E-state index is 12.7. The van der Waals surface area contributed by atoms with Crippen LogP contribution in [0, 0.1) is 0 Å². The van der Waals surface area contributed by atoms with Gasteiger partial charge in [-0.3, -0.25) is 4.90 Å². The smallest absolute Gasteiger partial charge is 0.417 e. The Hall–Kier alpha value is -1.38. The highest BCUT2D eigenvalue weighted by Crippen LogP contribution is 2.32. The summed E-state index contributed by atoms with van der Waals surface area (Å²) < 4.78 is 43.7. The Bertz CT molecular complexity index is 903. The standard InChI is InChI=1S/C20H18Cl4F3N3O/c21-16-9-14(31-8-3-18(23)24)10-17(22)15(16)12-29-4-6-30(7-5-29)19-2-1-13(11-28-19)20(25,26)27/h1-3,9-11H,4-8,12H2. The number of piperazine rings is 1. The third kappa shape index (κ3) is 6.80. The predicted octanol–water partition coefficient (Wildman–Crippen LogP) is 6.43. The van der Waals surface area contributed by atoms with Gasteiger partial charge >= 0.3 is 6.18 Å². The van der Waals surface area contributed by atoms with Gasteiger partial charge in [-0.1, -0.05) is 46.4 Å². The second kappa shape index (κ2) is 10.5. The zero-order chi connectivity index (χ0) is 22.6.